The molecule has 298 valence electrons. The second kappa shape index (κ2) is 19.4. The van der Waals surface area contributed by atoms with Crippen molar-refractivity contribution in [1.82, 2.24) is 9.97 Å². The lowest BCUT2D eigenvalue weighted by Crippen LogP contribution is -2.36. The summed E-state index contributed by atoms with van der Waals surface area (Å²) in [6, 6.07) is 49.7. The van der Waals surface area contributed by atoms with Crippen molar-refractivity contribution in [3.05, 3.63) is 220 Å². The first kappa shape index (κ1) is 42.8. The minimum atomic E-state index is -1.48. The van der Waals surface area contributed by atoms with Gasteiger partial charge in [-0.3, -0.25) is 0 Å². The number of anilines is 2. The Morgan fingerprint density at radius 3 is 1.07 bits per heavy atom. The van der Waals surface area contributed by atoms with Gasteiger partial charge in [-0.15, -0.1) is 0 Å². The van der Waals surface area contributed by atoms with E-state index < -0.39 is 5.41 Å². The van der Waals surface area contributed by atoms with Crippen LogP contribution in [0.3, 0.4) is 0 Å². The van der Waals surface area contributed by atoms with Crippen LogP contribution in [0.1, 0.15) is 44.8 Å². The summed E-state index contributed by atoms with van der Waals surface area (Å²) in [6.45, 7) is 1.32. The fourth-order valence-electron chi connectivity index (χ4n) is 6.99. The van der Waals surface area contributed by atoms with Gasteiger partial charge in [0.25, 0.3) is 0 Å². The molecule has 0 aliphatic rings. The number of benzene rings is 6. The second-order valence-electron chi connectivity index (χ2n) is 14.2. The van der Waals surface area contributed by atoms with Crippen LogP contribution in [-0.2, 0) is 38.0 Å². The number of rotatable bonds is 14. The van der Waals surface area contributed by atoms with E-state index in [1.165, 1.54) is 0 Å². The molecule has 0 spiro atoms. The monoisotopic (exact) mass is 904 g/mol. The molecule has 0 saturated heterocycles. The van der Waals surface area contributed by atoms with Crippen molar-refractivity contribution < 1.29 is 0 Å². The minimum absolute atomic E-state index is 0.0725. The van der Waals surface area contributed by atoms with Crippen LogP contribution in [0.2, 0.25) is 30.1 Å². The molecule has 0 N–H and O–H groups in total. The summed E-state index contributed by atoms with van der Waals surface area (Å²) in [5.74, 6) is 0.646. The van der Waals surface area contributed by atoms with E-state index in [-0.39, 0.29) is 12.1 Å². The zero-order chi connectivity index (χ0) is 42.2. The van der Waals surface area contributed by atoms with Gasteiger partial charge in [-0.2, -0.15) is 10.5 Å². The maximum atomic E-state index is 11.8. The van der Waals surface area contributed by atoms with Gasteiger partial charge in [0.2, 0.25) is 0 Å². The van der Waals surface area contributed by atoms with Gasteiger partial charge < -0.3 is 9.80 Å². The highest BCUT2D eigenvalue weighted by Gasteiger charge is 2.42. The van der Waals surface area contributed by atoms with Gasteiger partial charge in [0.15, 0.2) is 17.3 Å². The van der Waals surface area contributed by atoms with Crippen LogP contribution >= 0.6 is 69.6 Å². The third-order valence-electron chi connectivity index (χ3n) is 10.0. The van der Waals surface area contributed by atoms with Crippen LogP contribution in [0, 0.1) is 22.7 Å². The number of halogens is 6. The molecule has 7 rings (SSSR count). The molecular formula is C48H34Cl6N6. The molecule has 1 unspecified atom stereocenters. The molecule has 1 atom stereocenters. The Kier molecular flexibility index (Phi) is 13.9. The second-order valence-corrected chi connectivity index (χ2v) is 16.8. The zero-order valence-electron chi connectivity index (χ0n) is 31.8. The van der Waals surface area contributed by atoms with Crippen molar-refractivity contribution >= 4 is 81.2 Å². The molecule has 0 fully saturated rings. The molecule has 6 aromatic carbocycles. The minimum Gasteiger partial charge on any atom is -0.346 e. The van der Waals surface area contributed by atoms with Crippen molar-refractivity contribution in [2.75, 3.05) is 9.80 Å². The molecule has 0 radical (unpaired) electrons. The standard InChI is InChI=1S/C48H34Cl6N6/c49-38-13-1-32(2-14-38)25-48(31-56,37-11-23-43(54)24-12-37)45-47(60(29-35-7-19-41(52)20-8-35)30-36-9-21-42(53)22-10-36)57-44(26-55)46(58-45)59(27-33-3-15-39(50)16-4-33)28-34-5-17-40(51)18-6-34/h1-24H,25,27-30H2. The number of hydrogen-bond donors (Lipinski definition) is 0. The first-order valence-electron chi connectivity index (χ1n) is 18.7. The summed E-state index contributed by atoms with van der Waals surface area (Å²) >= 11 is 38.2. The fourth-order valence-corrected chi connectivity index (χ4v) is 7.75. The van der Waals surface area contributed by atoms with E-state index in [0.717, 1.165) is 27.8 Å². The molecule has 7 aromatic rings. The van der Waals surface area contributed by atoms with Crippen LogP contribution in [0.5, 0.6) is 0 Å². The normalized spacial score (nSPS) is 11.9. The summed E-state index contributed by atoms with van der Waals surface area (Å²) in [5, 5.41) is 26.2. The van der Waals surface area contributed by atoms with Crippen molar-refractivity contribution in [1.29, 1.82) is 10.5 Å². The summed E-state index contributed by atoms with van der Waals surface area (Å²) < 4.78 is 0. The maximum Gasteiger partial charge on any atom is 0.185 e. The van der Waals surface area contributed by atoms with Gasteiger partial charge in [0.05, 0.1) is 6.07 Å². The molecule has 0 saturated carbocycles. The quantitative estimate of drug-likeness (QED) is 0.108. The van der Waals surface area contributed by atoms with Crippen LogP contribution < -0.4 is 9.80 Å². The average molecular weight is 908 g/mol. The van der Waals surface area contributed by atoms with Crippen molar-refractivity contribution in [3.63, 3.8) is 0 Å². The van der Waals surface area contributed by atoms with Crippen LogP contribution in [0.15, 0.2) is 146 Å². The molecular weight excluding hydrogens is 873 g/mol. The Hall–Kier alpha value is -5.28. The van der Waals surface area contributed by atoms with E-state index in [2.05, 4.69) is 12.1 Å². The van der Waals surface area contributed by atoms with E-state index in [4.69, 9.17) is 79.6 Å². The van der Waals surface area contributed by atoms with E-state index in [0.29, 0.717) is 79.2 Å². The largest absolute Gasteiger partial charge is 0.346 e. The van der Waals surface area contributed by atoms with Crippen LogP contribution in [-0.4, -0.2) is 9.97 Å². The van der Waals surface area contributed by atoms with E-state index in [9.17, 15) is 10.5 Å². The molecule has 1 aromatic heterocycles. The van der Waals surface area contributed by atoms with Gasteiger partial charge in [0.1, 0.15) is 17.2 Å². The highest BCUT2D eigenvalue weighted by Crippen LogP contribution is 2.42. The summed E-state index contributed by atoms with van der Waals surface area (Å²) in [6.07, 6.45) is 0.180. The Bertz CT molecular complexity index is 2550. The van der Waals surface area contributed by atoms with Gasteiger partial charge >= 0.3 is 0 Å². The van der Waals surface area contributed by atoms with Crippen molar-refractivity contribution in [3.8, 4) is 12.1 Å². The third-order valence-corrected chi connectivity index (χ3v) is 11.5. The van der Waals surface area contributed by atoms with Crippen LogP contribution in [0.4, 0.5) is 11.6 Å². The highest BCUT2D eigenvalue weighted by atomic mass is 35.5. The fraction of sp³-hybridized carbons (Fsp3) is 0.125. The number of nitrogens with zero attached hydrogens (tertiary/aromatic N) is 6. The Labute approximate surface area is 379 Å². The highest BCUT2D eigenvalue weighted by molar-refractivity contribution is 6.32. The zero-order valence-corrected chi connectivity index (χ0v) is 36.4. The predicted molar refractivity (Wildman–Crippen MR) is 245 cm³/mol. The topological polar surface area (TPSA) is 79.8 Å². The lowest BCUT2D eigenvalue weighted by Gasteiger charge is -2.35. The summed E-state index contributed by atoms with van der Waals surface area (Å²) in [7, 11) is 0. The molecule has 12 heteroatoms. The van der Waals surface area contributed by atoms with Gasteiger partial charge in [-0.25, -0.2) is 9.97 Å². The lowest BCUT2D eigenvalue weighted by molar-refractivity contribution is 0.612. The molecule has 60 heavy (non-hydrogen) atoms. The summed E-state index contributed by atoms with van der Waals surface area (Å²) in [5.41, 5.74) is 4.08. The number of aromatic nitrogens is 2. The molecule has 1 heterocycles. The molecule has 6 nitrogen and oxygen atoms in total. The molecule has 0 bridgehead atoms. The predicted octanol–water partition coefficient (Wildman–Crippen LogP) is 13.7. The van der Waals surface area contributed by atoms with Gasteiger partial charge in [-0.1, -0.05) is 142 Å². The summed E-state index contributed by atoms with van der Waals surface area (Å²) in [4.78, 5) is 14.7. The third kappa shape index (κ3) is 10.4. The SMILES string of the molecule is N#Cc1nc(N(Cc2ccc(Cl)cc2)Cc2ccc(Cl)cc2)c(C(C#N)(Cc2ccc(Cl)cc2)c2ccc(Cl)cc2)nc1N(Cc1ccc(Cl)cc1)Cc1ccc(Cl)cc1. The van der Waals surface area contributed by atoms with Crippen molar-refractivity contribution in [2.45, 2.75) is 38.0 Å². The van der Waals surface area contributed by atoms with Gasteiger partial charge in [-0.05, 0) is 106 Å². The van der Waals surface area contributed by atoms with Crippen LogP contribution in [0.25, 0.3) is 0 Å². The van der Waals surface area contributed by atoms with Crippen molar-refractivity contribution in [2.24, 2.45) is 0 Å². The van der Waals surface area contributed by atoms with E-state index >= 15 is 0 Å². The molecule has 0 aliphatic carbocycles. The molecule has 0 amide bonds. The first-order valence-corrected chi connectivity index (χ1v) is 21.0. The van der Waals surface area contributed by atoms with E-state index in [1.807, 2.05) is 131 Å². The van der Waals surface area contributed by atoms with E-state index in [1.54, 1.807) is 24.3 Å². The maximum absolute atomic E-state index is 11.8. The molecule has 0 aliphatic heterocycles. The smallest absolute Gasteiger partial charge is 0.185 e. The Balaban J connectivity index is 1.53. The number of hydrogen-bond acceptors (Lipinski definition) is 6. The Morgan fingerprint density at radius 2 is 0.733 bits per heavy atom. The average Bonchev–Trinajstić information content (AvgIpc) is 3.26. The Morgan fingerprint density at radius 1 is 0.417 bits per heavy atom. The first-order chi connectivity index (χ1) is 29.0. The lowest BCUT2D eigenvalue weighted by atomic mass is 9.73. The number of nitriles is 2. The van der Waals surface area contributed by atoms with Gasteiger partial charge in [0, 0.05) is 62.7 Å².